The molecule has 0 unspecified atom stereocenters. The highest BCUT2D eigenvalue weighted by molar-refractivity contribution is 5.94. The lowest BCUT2D eigenvalue weighted by Crippen LogP contribution is -2.49. The molecule has 2 fully saturated rings. The number of amides is 1. The van der Waals surface area contributed by atoms with Gasteiger partial charge in [-0.25, -0.2) is 9.78 Å². The molecule has 1 saturated carbocycles. The molecule has 206 valence electrons. The highest BCUT2D eigenvalue weighted by Gasteiger charge is 2.49. The first kappa shape index (κ1) is 27.6. The van der Waals surface area contributed by atoms with E-state index in [1.807, 2.05) is 0 Å². The topological polar surface area (TPSA) is 111 Å². The minimum absolute atomic E-state index is 0.104. The molecule has 1 aromatic heterocycles. The fourth-order valence-corrected chi connectivity index (χ4v) is 5.27. The molecule has 12 heteroatoms. The van der Waals surface area contributed by atoms with Crippen molar-refractivity contribution in [2.75, 3.05) is 37.8 Å². The van der Waals surface area contributed by atoms with Gasteiger partial charge in [-0.1, -0.05) is 13.3 Å². The number of anilines is 3. The molecular formula is C26H33F3N6O3. The average Bonchev–Trinajstić information content (AvgIpc) is 3.24. The molecule has 0 radical (unpaired) electrons. The van der Waals surface area contributed by atoms with Crippen LogP contribution in [0.2, 0.25) is 0 Å². The van der Waals surface area contributed by atoms with Gasteiger partial charge in [-0.15, -0.1) is 0 Å². The summed E-state index contributed by atoms with van der Waals surface area (Å²) < 4.78 is 41.2. The van der Waals surface area contributed by atoms with Crippen LogP contribution in [0.4, 0.5) is 30.6 Å². The summed E-state index contributed by atoms with van der Waals surface area (Å²) >= 11 is 0. The molecule has 9 nitrogen and oxygen atoms in total. The number of benzene rings is 1. The third-order valence-electron chi connectivity index (χ3n) is 7.81. The van der Waals surface area contributed by atoms with Crippen molar-refractivity contribution in [2.45, 2.75) is 56.8 Å². The number of likely N-dealkylation sites (tertiary alicyclic amines) is 1. The van der Waals surface area contributed by atoms with Gasteiger partial charge in [0.1, 0.15) is 16.9 Å². The Morgan fingerprint density at radius 1 is 1.16 bits per heavy atom. The minimum atomic E-state index is -4.77. The number of nitrogens with one attached hydrogen (secondary N) is 2. The molecule has 2 atom stereocenters. The summed E-state index contributed by atoms with van der Waals surface area (Å²) in [6.07, 6.45) is -0.977. The van der Waals surface area contributed by atoms with E-state index in [1.165, 1.54) is 0 Å². The molecule has 1 aliphatic carbocycles. The zero-order valence-corrected chi connectivity index (χ0v) is 21.7. The Bertz CT molecular complexity index is 1170. The number of nitrogens with zero attached hydrogens (tertiary/aromatic N) is 4. The monoisotopic (exact) mass is 534 g/mol. The summed E-state index contributed by atoms with van der Waals surface area (Å²) in [6, 6.07) is 6.70. The van der Waals surface area contributed by atoms with Crippen molar-refractivity contribution in [2.24, 2.45) is 5.92 Å². The van der Waals surface area contributed by atoms with Crippen LogP contribution >= 0.6 is 0 Å². The van der Waals surface area contributed by atoms with Crippen LogP contribution in [0, 0.1) is 5.92 Å². The summed E-state index contributed by atoms with van der Waals surface area (Å²) in [5.74, 6) is -2.42. The second-order valence-corrected chi connectivity index (χ2v) is 10.3. The van der Waals surface area contributed by atoms with Gasteiger partial charge in [-0.3, -0.25) is 4.79 Å². The smallest absolute Gasteiger partial charge is 0.421 e. The molecule has 2 aliphatic rings. The third kappa shape index (κ3) is 5.69. The molecule has 38 heavy (non-hydrogen) atoms. The van der Waals surface area contributed by atoms with Crippen molar-refractivity contribution >= 4 is 29.3 Å². The Labute approximate surface area is 219 Å². The molecule has 2 aromatic rings. The number of hydrogen-bond acceptors (Lipinski definition) is 7. The number of halogens is 3. The number of rotatable bonds is 7. The van der Waals surface area contributed by atoms with Crippen LogP contribution in [0.15, 0.2) is 30.5 Å². The molecule has 0 bridgehead atoms. The van der Waals surface area contributed by atoms with E-state index in [1.54, 1.807) is 43.1 Å². The Morgan fingerprint density at radius 2 is 1.82 bits per heavy atom. The van der Waals surface area contributed by atoms with Crippen molar-refractivity contribution in [3.05, 3.63) is 41.6 Å². The lowest BCUT2D eigenvalue weighted by molar-refractivity contribution is -0.144. The average molecular weight is 535 g/mol. The van der Waals surface area contributed by atoms with E-state index in [9.17, 15) is 27.9 Å². The SMILES string of the molecule is C[C@H]1CCC[C@]1(Nc1nc(Nc2ccc(C(=O)N(C)C3CCN(C)CC3)cc2)ncc1C(F)(F)F)C(=O)O. The van der Waals surface area contributed by atoms with Crippen LogP contribution in [0.1, 0.15) is 54.9 Å². The first-order valence-electron chi connectivity index (χ1n) is 12.7. The molecule has 4 rings (SSSR count). The van der Waals surface area contributed by atoms with Gasteiger partial charge < -0.3 is 25.5 Å². The number of aliphatic carboxylic acids is 1. The van der Waals surface area contributed by atoms with Gasteiger partial charge >= 0.3 is 12.1 Å². The number of carbonyl (C=O) groups is 2. The van der Waals surface area contributed by atoms with Gasteiger partial charge in [-0.05, 0) is 76.0 Å². The van der Waals surface area contributed by atoms with Gasteiger partial charge in [-0.2, -0.15) is 18.2 Å². The molecule has 1 amide bonds. The zero-order valence-electron chi connectivity index (χ0n) is 21.7. The van der Waals surface area contributed by atoms with Crippen molar-refractivity contribution < 1.29 is 27.9 Å². The van der Waals surface area contributed by atoms with E-state index in [2.05, 4.69) is 32.5 Å². The Hall–Kier alpha value is -3.41. The highest BCUT2D eigenvalue weighted by Crippen LogP contribution is 2.41. The Balaban J connectivity index is 1.52. The summed E-state index contributed by atoms with van der Waals surface area (Å²) in [4.78, 5) is 36.9. The van der Waals surface area contributed by atoms with E-state index < -0.39 is 29.1 Å². The van der Waals surface area contributed by atoms with Crippen LogP contribution < -0.4 is 10.6 Å². The van der Waals surface area contributed by atoms with Gasteiger partial charge in [0.25, 0.3) is 5.91 Å². The number of alkyl halides is 3. The molecule has 1 aromatic carbocycles. The predicted molar refractivity (Wildman–Crippen MR) is 136 cm³/mol. The Morgan fingerprint density at radius 3 is 2.37 bits per heavy atom. The quantitative estimate of drug-likeness (QED) is 0.478. The van der Waals surface area contributed by atoms with Crippen LogP contribution in [0.5, 0.6) is 0 Å². The summed E-state index contributed by atoms with van der Waals surface area (Å²) in [5, 5.41) is 15.3. The fraction of sp³-hybridized carbons (Fsp3) is 0.538. The summed E-state index contributed by atoms with van der Waals surface area (Å²) in [6.45, 7) is 3.57. The van der Waals surface area contributed by atoms with Crippen molar-refractivity contribution in [3.63, 3.8) is 0 Å². The van der Waals surface area contributed by atoms with Gasteiger partial charge in [0.15, 0.2) is 0 Å². The van der Waals surface area contributed by atoms with E-state index in [0.717, 1.165) is 25.9 Å². The molecule has 3 N–H and O–H groups in total. The van der Waals surface area contributed by atoms with Gasteiger partial charge in [0, 0.05) is 30.5 Å². The van der Waals surface area contributed by atoms with Crippen LogP contribution in [0.3, 0.4) is 0 Å². The Kier molecular flexibility index (Phi) is 7.82. The van der Waals surface area contributed by atoms with Crippen LogP contribution in [-0.2, 0) is 11.0 Å². The minimum Gasteiger partial charge on any atom is -0.479 e. The van der Waals surface area contributed by atoms with Crippen LogP contribution in [0.25, 0.3) is 0 Å². The van der Waals surface area contributed by atoms with E-state index in [4.69, 9.17) is 0 Å². The summed E-state index contributed by atoms with van der Waals surface area (Å²) in [7, 11) is 3.85. The first-order chi connectivity index (χ1) is 17.9. The van der Waals surface area contributed by atoms with E-state index >= 15 is 0 Å². The molecular weight excluding hydrogens is 501 g/mol. The lowest BCUT2D eigenvalue weighted by atomic mass is 9.88. The molecule has 1 aliphatic heterocycles. The zero-order chi connectivity index (χ0) is 27.7. The van der Waals surface area contributed by atoms with E-state index in [-0.39, 0.29) is 30.2 Å². The van der Waals surface area contributed by atoms with Gasteiger partial charge in [0.05, 0.1) is 0 Å². The third-order valence-corrected chi connectivity index (χ3v) is 7.81. The number of carboxylic acids is 1. The highest BCUT2D eigenvalue weighted by atomic mass is 19.4. The number of hydrogen-bond donors (Lipinski definition) is 3. The van der Waals surface area contributed by atoms with E-state index in [0.29, 0.717) is 30.3 Å². The van der Waals surface area contributed by atoms with Crippen molar-refractivity contribution in [3.8, 4) is 0 Å². The number of piperidine rings is 1. The number of aromatic nitrogens is 2. The number of carboxylic acid groups (broad SMARTS) is 1. The van der Waals surface area contributed by atoms with Crippen molar-refractivity contribution in [1.29, 1.82) is 0 Å². The second-order valence-electron chi connectivity index (χ2n) is 10.3. The fourth-order valence-electron chi connectivity index (χ4n) is 5.27. The molecule has 0 spiro atoms. The maximum Gasteiger partial charge on any atom is 0.421 e. The number of carbonyl (C=O) groups excluding carboxylic acids is 1. The van der Waals surface area contributed by atoms with Crippen LogP contribution in [-0.4, -0.2) is 75.5 Å². The molecule has 2 heterocycles. The maximum absolute atomic E-state index is 13.7. The normalized spacial score (nSPS) is 22.7. The summed E-state index contributed by atoms with van der Waals surface area (Å²) in [5.41, 5.74) is -1.73. The second kappa shape index (κ2) is 10.8. The standard InChI is InChI=1S/C26H33F3N6O3/c1-16-5-4-12-25(16,23(37)38)33-21-20(26(27,28)29)15-30-24(32-21)31-18-8-6-17(7-9-18)22(36)35(3)19-10-13-34(2)14-11-19/h6-9,15-16,19H,4-5,10-14H2,1-3H3,(H,37,38)(H2,30,31,32,33)/t16-,25+/m0/s1. The lowest BCUT2D eigenvalue weighted by Gasteiger charge is -2.35. The first-order valence-corrected chi connectivity index (χ1v) is 12.7. The van der Waals surface area contributed by atoms with Gasteiger partial charge in [0.2, 0.25) is 5.95 Å². The predicted octanol–water partition coefficient (Wildman–Crippen LogP) is 4.46. The maximum atomic E-state index is 13.7. The molecule has 1 saturated heterocycles. The van der Waals surface area contributed by atoms with Crippen molar-refractivity contribution in [1.82, 2.24) is 19.8 Å². The largest absolute Gasteiger partial charge is 0.479 e.